The summed E-state index contributed by atoms with van der Waals surface area (Å²) in [4.78, 5) is 4.66. The number of fused-ring (bicyclic) bond motifs is 1. The monoisotopic (exact) mass is 258 g/mol. The molecule has 1 aliphatic rings. The number of anilines is 1. The van der Waals surface area contributed by atoms with Crippen molar-refractivity contribution >= 4 is 16.3 Å². The zero-order chi connectivity index (χ0) is 12.5. The molecule has 2 nitrogen and oxygen atoms in total. The van der Waals surface area contributed by atoms with Crippen molar-refractivity contribution in [3.05, 3.63) is 35.0 Å². The summed E-state index contributed by atoms with van der Waals surface area (Å²) in [7, 11) is 1.96. The topological polar surface area (TPSA) is 24.9 Å². The van der Waals surface area contributed by atoms with Gasteiger partial charge in [0.2, 0.25) is 0 Å². The highest BCUT2D eigenvalue weighted by molar-refractivity contribution is 7.19. The van der Waals surface area contributed by atoms with Crippen molar-refractivity contribution in [3.63, 3.8) is 0 Å². The maximum Gasteiger partial charge on any atom is 0.125 e. The third-order valence-corrected chi connectivity index (χ3v) is 4.84. The maximum absolute atomic E-state index is 4.66. The first-order chi connectivity index (χ1) is 8.78. The molecule has 1 aromatic carbocycles. The van der Waals surface area contributed by atoms with Crippen LogP contribution in [0.25, 0.3) is 10.6 Å². The van der Waals surface area contributed by atoms with Crippen molar-refractivity contribution in [2.24, 2.45) is 0 Å². The fourth-order valence-electron chi connectivity index (χ4n) is 2.62. The van der Waals surface area contributed by atoms with E-state index in [9.17, 15) is 0 Å². The van der Waals surface area contributed by atoms with E-state index in [1.54, 1.807) is 11.3 Å². The van der Waals surface area contributed by atoms with E-state index in [0.717, 1.165) is 10.7 Å². The standard InChI is InChI=1S/C15H18N2S/c1-10-14(16-2)18-15(17-10)13-8-7-11-5-3-4-6-12(11)9-13/h7-9,16H,3-6H2,1-2H3. The van der Waals surface area contributed by atoms with Crippen LogP contribution in [0.4, 0.5) is 5.00 Å². The van der Waals surface area contributed by atoms with Crippen molar-refractivity contribution < 1.29 is 0 Å². The Bertz CT molecular complexity index is 572. The first-order valence-electron chi connectivity index (χ1n) is 6.55. The van der Waals surface area contributed by atoms with E-state index >= 15 is 0 Å². The highest BCUT2D eigenvalue weighted by Crippen LogP contribution is 2.33. The van der Waals surface area contributed by atoms with Gasteiger partial charge in [0.25, 0.3) is 0 Å². The van der Waals surface area contributed by atoms with Gasteiger partial charge < -0.3 is 5.32 Å². The fraction of sp³-hybridized carbons (Fsp3) is 0.400. The van der Waals surface area contributed by atoms with Gasteiger partial charge in [-0.05, 0) is 49.8 Å². The lowest BCUT2D eigenvalue weighted by Crippen LogP contribution is -2.02. The number of hydrogen-bond acceptors (Lipinski definition) is 3. The minimum absolute atomic E-state index is 1.09. The van der Waals surface area contributed by atoms with Crippen LogP contribution in [0.15, 0.2) is 18.2 Å². The summed E-state index contributed by atoms with van der Waals surface area (Å²) >= 11 is 1.74. The highest BCUT2D eigenvalue weighted by Gasteiger charge is 2.13. The van der Waals surface area contributed by atoms with Gasteiger partial charge in [-0.2, -0.15) is 0 Å². The molecule has 1 N–H and O–H groups in total. The summed E-state index contributed by atoms with van der Waals surface area (Å²) in [6.45, 7) is 2.06. The molecule has 0 bridgehead atoms. The third kappa shape index (κ3) is 2.03. The molecule has 18 heavy (non-hydrogen) atoms. The van der Waals surface area contributed by atoms with Gasteiger partial charge in [-0.15, -0.1) is 0 Å². The molecule has 0 spiro atoms. The quantitative estimate of drug-likeness (QED) is 0.879. The molecule has 0 atom stereocenters. The van der Waals surface area contributed by atoms with Gasteiger partial charge in [0.15, 0.2) is 0 Å². The SMILES string of the molecule is CNc1sc(-c2ccc3c(c2)CCCC3)nc1C. The lowest BCUT2D eigenvalue weighted by Gasteiger charge is -2.15. The van der Waals surface area contributed by atoms with Gasteiger partial charge in [0.1, 0.15) is 10.0 Å². The van der Waals surface area contributed by atoms with Crippen LogP contribution in [0.1, 0.15) is 29.7 Å². The number of rotatable bonds is 2. The maximum atomic E-state index is 4.66. The number of thiazole rings is 1. The van der Waals surface area contributed by atoms with Crippen molar-refractivity contribution in [1.82, 2.24) is 4.98 Å². The van der Waals surface area contributed by atoms with Crippen molar-refractivity contribution in [2.45, 2.75) is 32.6 Å². The summed E-state index contributed by atoms with van der Waals surface area (Å²) in [6, 6.07) is 6.85. The molecule has 1 aliphatic carbocycles. The summed E-state index contributed by atoms with van der Waals surface area (Å²) in [5, 5.41) is 5.50. The molecule has 2 aromatic rings. The molecule has 3 rings (SSSR count). The Labute approximate surface area is 112 Å². The van der Waals surface area contributed by atoms with E-state index in [4.69, 9.17) is 0 Å². The first kappa shape index (κ1) is 11.7. The molecule has 3 heteroatoms. The fourth-order valence-corrected chi connectivity index (χ4v) is 3.53. The minimum atomic E-state index is 1.09. The van der Waals surface area contributed by atoms with Crippen molar-refractivity contribution in [1.29, 1.82) is 0 Å². The second-order valence-corrected chi connectivity index (χ2v) is 5.87. The van der Waals surface area contributed by atoms with E-state index in [0.29, 0.717) is 0 Å². The predicted octanol–water partition coefficient (Wildman–Crippen LogP) is 4.04. The van der Waals surface area contributed by atoms with E-state index in [1.807, 2.05) is 7.05 Å². The molecule has 0 aliphatic heterocycles. The van der Waals surface area contributed by atoms with Gasteiger partial charge in [-0.25, -0.2) is 4.98 Å². The number of hydrogen-bond donors (Lipinski definition) is 1. The zero-order valence-electron chi connectivity index (χ0n) is 10.9. The molecule has 94 valence electrons. The third-order valence-electron chi connectivity index (χ3n) is 3.62. The van der Waals surface area contributed by atoms with E-state index < -0.39 is 0 Å². The molecule has 1 aromatic heterocycles. The Balaban J connectivity index is 2.00. The smallest absolute Gasteiger partial charge is 0.125 e. The van der Waals surface area contributed by atoms with Crippen LogP contribution in [-0.4, -0.2) is 12.0 Å². The summed E-state index contributed by atoms with van der Waals surface area (Å²) in [6.07, 6.45) is 5.14. The van der Waals surface area contributed by atoms with E-state index in [-0.39, 0.29) is 0 Å². The second kappa shape index (κ2) is 4.73. The summed E-state index contributed by atoms with van der Waals surface area (Å²) in [5.41, 5.74) is 5.42. The summed E-state index contributed by atoms with van der Waals surface area (Å²) in [5.74, 6) is 0. The van der Waals surface area contributed by atoms with E-state index in [2.05, 4.69) is 35.4 Å². The number of nitrogens with one attached hydrogen (secondary N) is 1. The van der Waals surface area contributed by atoms with Crippen LogP contribution in [0.5, 0.6) is 0 Å². The Morgan fingerprint density at radius 2 is 1.94 bits per heavy atom. The number of aryl methyl sites for hydroxylation is 3. The average molecular weight is 258 g/mol. The normalized spacial score (nSPS) is 14.3. The molecule has 0 fully saturated rings. The van der Waals surface area contributed by atoms with Crippen LogP contribution in [0.2, 0.25) is 0 Å². The zero-order valence-corrected chi connectivity index (χ0v) is 11.7. The Kier molecular flexibility index (Phi) is 3.08. The Morgan fingerprint density at radius 1 is 1.17 bits per heavy atom. The molecular formula is C15H18N2S. The molecule has 0 amide bonds. The first-order valence-corrected chi connectivity index (χ1v) is 7.37. The number of nitrogens with zero attached hydrogens (tertiary/aromatic N) is 1. The second-order valence-electron chi connectivity index (χ2n) is 4.87. The van der Waals surface area contributed by atoms with Crippen LogP contribution in [0, 0.1) is 6.92 Å². The van der Waals surface area contributed by atoms with Crippen molar-refractivity contribution in [2.75, 3.05) is 12.4 Å². The lowest BCUT2D eigenvalue weighted by molar-refractivity contribution is 0.686. The molecular weight excluding hydrogens is 240 g/mol. The Hall–Kier alpha value is -1.35. The average Bonchev–Trinajstić information content (AvgIpc) is 2.79. The molecule has 0 saturated heterocycles. The Morgan fingerprint density at radius 3 is 2.67 bits per heavy atom. The number of aromatic nitrogens is 1. The van der Waals surface area contributed by atoms with Gasteiger partial charge >= 0.3 is 0 Å². The van der Waals surface area contributed by atoms with Gasteiger partial charge in [-0.1, -0.05) is 23.5 Å². The molecule has 0 saturated carbocycles. The molecule has 0 radical (unpaired) electrons. The van der Waals surface area contributed by atoms with Gasteiger partial charge in [-0.3, -0.25) is 0 Å². The van der Waals surface area contributed by atoms with Crippen LogP contribution < -0.4 is 5.32 Å². The minimum Gasteiger partial charge on any atom is -0.378 e. The van der Waals surface area contributed by atoms with Crippen molar-refractivity contribution in [3.8, 4) is 10.6 Å². The van der Waals surface area contributed by atoms with Gasteiger partial charge in [0.05, 0.1) is 5.69 Å². The summed E-state index contributed by atoms with van der Waals surface area (Å²) < 4.78 is 0. The largest absolute Gasteiger partial charge is 0.378 e. The highest BCUT2D eigenvalue weighted by atomic mass is 32.1. The molecule has 1 heterocycles. The molecule has 0 unspecified atom stereocenters. The predicted molar refractivity (Wildman–Crippen MR) is 78.5 cm³/mol. The number of benzene rings is 1. The van der Waals surface area contributed by atoms with E-state index in [1.165, 1.54) is 47.4 Å². The van der Waals surface area contributed by atoms with Crippen LogP contribution in [0.3, 0.4) is 0 Å². The van der Waals surface area contributed by atoms with Gasteiger partial charge in [0, 0.05) is 12.6 Å². The lowest BCUT2D eigenvalue weighted by atomic mass is 9.90. The van der Waals surface area contributed by atoms with Crippen LogP contribution in [-0.2, 0) is 12.8 Å². The van der Waals surface area contributed by atoms with Crippen LogP contribution >= 0.6 is 11.3 Å².